The first kappa shape index (κ1) is 22.8. The van der Waals surface area contributed by atoms with Crippen molar-refractivity contribution in [3.8, 4) is 11.5 Å². The predicted molar refractivity (Wildman–Crippen MR) is 127 cm³/mol. The largest absolute Gasteiger partial charge is 0.482 e. The van der Waals surface area contributed by atoms with E-state index in [1.165, 1.54) is 12.1 Å². The lowest BCUT2D eigenvalue weighted by Crippen LogP contribution is -2.27. The number of ether oxygens (including phenoxy) is 2. The molecule has 4 rings (SSSR count). The normalized spacial score (nSPS) is 10.6. The number of rotatable bonds is 8. The van der Waals surface area contributed by atoms with Crippen LogP contribution in [-0.2, 0) is 17.8 Å². The summed E-state index contributed by atoms with van der Waals surface area (Å²) in [5.74, 6) is -0.341. The molecule has 3 aromatic carbocycles. The van der Waals surface area contributed by atoms with Gasteiger partial charge in [0.15, 0.2) is 6.61 Å². The summed E-state index contributed by atoms with van der Waals surface area (Å²) in [5.41, 5.74) is 1.33. The van der Waals surface area contributed by atoms with Crippen LogP contribution in [0.1, 0.15) is 28.4 Å². The van der Waals surface area contributed by atoms with E-state index in [0.717, 1.165) is 17.5 Å². The van der Waals surface area contributed by atoms with Crippen molar-refractivity contribution < 1.29 is 23.5 Å². The predicted octanol–water partition coefficient (Wildman–Crippen LogP) is 4.27. The third-order valence-corrected chi connectivity index (χ3v) is 5.14. The van der Waals surface area contributed by atoms with Crippen LogP contribution in [0.2, 0.25) is 0 Å². The fourth-order valence-electron chi connectivity index (χ4n) is 3.35. The first-order chi connectivity index (χ1) is 16.5. The van der Waals surface area contributed by atoms with Crippen LogP contribution in [0.4, 0.5) is 0 Å². The molecule has 172 valence electrons. The number of benzene rings is 3. The number of hydrogen-bond acceptors (Lipinski definition) is 6. The van der Waals surface area contributed by atoms with Crippen molar-refractivity contribution in [3.63, 3.8) is 0 Å². The summed E-state index contributed by atoms with van der Waals surface area (Å²) in [6.07, 6.45) is 0.861. The van der Waals surface area contributed by atoms with Gasteiger partial charge < -0.3 is 19.2 Å². The van der Waals surface area contributed by atoms with Crippen LogP contribution in [-0.4, -0.2) is 18.5 Å². The summed E-state index contributed by atoms with van der Waals surface area (Å²) in [6.45, 7) is 2.05. The Kier molecular flexibility index (Phi) is 7.03. The van der Waals surface area contributed by atoms with Gasteiger partial charge in [0.25, 0.3) is 5.91 Å². The van der Waals surface area contributed by atoms with Crippen LogP contribution in [0.5, 0.6) is 11.5 Å². The molecule has 0 radical (unpaired) electrons. The molecule has 1 heterocycles. The third kappa shape index (κ3) is 5.69. The maximum Gasteiger partial charge on any atom is 0.349 e. The fraction of sp³-hybridized carbons (Fsp3) is 0.148. The molecule has 0 saturated carbocycles. The minimum absolute atomic E-state index is 0.101. The van der Waals surface area contributed by atoms with Crippen molar-refractivity contribution in [1.29, 1.82) is 0 Å². The average molecular weight is 457 g/mol. The SMILES string of the molecule is CCc1cccc(OCC(=O)Oc2ccc3cc(C(=O)NCc4ccccc4)c(=O)oc3c2)c1. The first-order valence-electron chi connectivity index (χ1n) is 10.8. The number of fused-ring (bicyclic) bond motifs is 1. The molecule has 34 heavy (non-hydrogen) atoms. The van der Waals surface area contributed by atoms with Crippen molar-refractivity contribution in [3.05, 3.63) is 106 Å². The lowest BCUT2D eigenvalue weighted by Gasteiger charge is -2.09. The molecule has 0 fully saturated rings. The smallest absolute Gasteiger partial charge is 0.349 e. The van der Waals surface area contributed by atoms with Gasteiger partial charge in [-0.2, -0.15) is 0 Å². The minimum atomic E-state index is -0.777. The monoisotopic (exact) mass is 457 g/mol. The van der Waals surface area contributed by atoms with Crippen LogP contribution in [0.25, 0.3) is 11.0 Å². The molecule has 0 spiro atoms. The van der Waals surface area contributed by atoms with Gasteiger partial charge in [0, 0.05) is 18.0 Å². The minimum Gasteiger partial charge on any atom is -0.482 e. The second-order valence-corrected chi connectivity index (χ2v) is 7.58. The number of carbonyl (C=O) groups excluding carboxylic acids is 2. The van der Waals surface area contributed by atoms with Crippen LogP contribution in [0.3, 0.4) is 0 Å². The van der Waals surface area contributed by atoms with E-state index in [-0.39, 0.29) is 30.0 Å². The lowest BCUT2D eigenvalue weighted by atomic mass is 10.1. The van der Waals surface area contributed by atoms with Crippen molar-refractivity contribution in [1.82, 2.24) is 5.32 Å². The molecule has 7 heteroatoms. The molecule has 1 amide bonds. The van der Waals surface area contributed by atoms with E-state index in [2.05, 4.69) is 5.32 Å². The maximum absolute atomic E-state index is 12.5. The molecule has 0 unspecified atom stereocenters. The van der Waals surface area contributed by atoms with Gasteiger partial charge in [0.1, 0.15) is 22.6 Å². The summed E-state index contributed by atoms with van der Waals surface area (Å²) < 4.78 is 16.1. The first-order valence-corrected chi connectivity index (χ1v) is 10.8. The average Bonchev–Trinajstić information content (AvgIpc) is 2.86. The number of aryl methyl sites for hydroxylation is 1. The van der Waals surface area contributed by atoms with Gasteiger partial charge >= 0.3 is 11.6 Å². The Hall–Kier alpha value is -4.39. The van der Waals surface area contributed by atoms with Crippen LogP contribution in [0, 0.1) is 0 Å². The van der Waals surface area contributed by atoms with Crippen LogP contribution >= 0.6 is 0 Å². The Morgan fingerprint density at radius 3 is 2.47 bits per heavy atom. The molecular formula is C27H23NO6. The van der Waals surface area contributed by atoms with Crippen LogP contribution < -0.4 is 20.4 Å². The molecule has 0 aliphatic heterocycles. The Labute approximate surface area is 195 Å². The molecule has 0 bridgehead atoms. The van der Waals surface area contributed by atoms with E-state index in [1.54, 1.807) is 18.2 Å². The maximum atomic E-state index is 12.5. The van der Waals surface area contributed by atoms with Gasteiger partial charge in [0.2, 0.25) is 0 Å². The van der Waals surface area contributed by atoms with E-state index in [0.29, 0.717) is 11.1 Å². The molecular weight excluding hydrogens is 434 g/mol. The lowest BCUT2D eigenvalue weighted by molar-refractivity contribution is -0.136. The van der Waals surface area contributed by atoms with Crippen molar-refractivity contribution in [2.45, 2.75) is 19.9 Å². The molecule has 4 aromatic rings. The Morgan fingerprint density at radius 2 is 1.68 bits per heavy atom. The van der Waals surface area contributed by atoms with Gasteiger partial charge in [-0.3, -0.25) is 4.79 Å². The van der Waals surface area contributed by atoms with Gasteiger partial charge in [-0.15, -0.1) is 0 Å². The molecule has 0 aliphatic carbocycles. The number of amides is 1. The summed E-state index contributed by atoms with van der Waals surface area (Å²) >= 11 is 0. The highest BCUT2D eigenvalue weighted by molar-refractivity contribution is 5.96. The molecule has 0 aliphatic rings. The zero-order valence-electron chi connectivity index (χ0n) is 18.6. The van der Waals surface area contributed by atoms with Crippen molar-refractivity contribution in [2.75, 3.05) is 6.61 Å². The molecule has 7 nitrogen and oxygen atoms in total. The zero-order valence-corrected chi connectivity index (χ0v) is 18.6. The number of esters is 1. The van der Waals surface area contributed by atoms with Gasteiger partial charge in [0.05, 0.1) is 0 Å². The molecule has 1 aromatic heterocycles. The quantitative estimate of drug-likeness (QED) is 0.241. The Bertz CT molecular complexity index is 1380. The molecule has 0 atom stereocenters. The van der Waals surface area contributed by atoms with Crippen molar-refractivity contribution >= 4 is 22.8 Å². The zero-order chi connectivity index (χ0) is 23.9. The fourth-order valence-corrected chi connectivity index (χ4v) is 3.35. The number of nitrogens with one attached hydrogen (secondary N) is 1. The summed E-state index contributed by atoms with van der Waals surface area (Å²) in [5, 5.41) is 3.24. The van der Waals surface area contributed by atoms with E-state index in [9.17, 15) is 14.4 Å². The summed E-state index contributed by atoms with van der Waals surface area (Å²) in [6, 6.07) is 22.9. The highest BCUT2D eigenvalue weighted by Gasteiger charge is 2.15. The highest BCUT2D eigenvalue weighted by atomic mass is 16.6. The van der Waals surface area contributed by atoms with Gasteiger partial charge in [-0.1, -0.05) is 49.4 Å². The molecule has 1 N–H and O–H groups in total. The van der Waals surface area contributed by atoms with Gasteiger partial charge in [-0.25, -0.2) is 9.59 Å². The Morgan fingerprint density at radius 1 is 0.882 bits per heavy atom. The number of hydrogen-bond donors (Lipinski definition) is 1. The molecule has 0 saturated heterocycles. The standard InChI is InChI=1S/C27H23NO6/c1-2-18-9-6-10-21(13-18)32-17-25(29)33-22-12-11-20-14-23(27(31)34-24(20)15-22)26(30)28-16-19-7-4-3-5-8-19/h3-15H,2,16-17H2,1H3,(H,28,30). The second kappa shape index (κ2) is 10.5. The third-order valence-electron chi connectivity index (χ3n) is 5.14. The second-order valence-electron chi connectivity index (χ2n) is 7.58. The number of carbonyl (C=O) groups is 2. The topological polar surface area (TPSA) is 94.8 Å². The van der Waals surface area contributed by atoms with Crippen LogP contribution in [0.15, 0.2) is 88.1 Å². The van der Waals surface area contributed by atoms with E-state index in [1.807, 2.05) is 55.5 Å². The Balaban J connectivity index is 1.40. The van der Waals surface area contributed by atoms with E-state index < -0.39 is 17.5 Å². The van der Waals surface area contributed by atoms with E-state index >= 15 is 0 Å². The van der Waals surface area contributed by atoms with E-state index in [4.69, 9.17) is 13.9 Å². The van der Waals surface area contributed by atoms with Crippen molar-refractivity contribution in [2.24, 2.45) is 0 Å². The van der Waals surface area contributed by atoms with Gasteiger partial charge in [-0.05, 0) is 47.9 Å². The summed E-state index contributed by atoms with van der Waals surface area (Å²) in [7, 11) is 0. The highest BCUT2D eigenvalue weighted by Crippen LogP contribution is 2.21. The summed E-state index contributed by atoms with van der Waals surface area (Å²) in [4.78, 5) is 37.0.